The van der Waals surface area contributed by atoms with Crippen LogP contribution in [0, 0.1) is 24.1 Å². The van der Waals surface area contributed by atoms with Gasteiger partial charge in [0.05, 0.1) is 10.9 Å². The molecule has 3 aliphatic heterocycles. The third kappa shape index (κ3) is 3.86. The zero-order chi connectivity index (χ0) is 22.3. The average molecular weight is 462 g/mol. The number of anilines is 1. The smallest absolute Gasteiger partial charge is 0.319 e. The normalized spacial score (nSPS) is 28.1. The first kappa shape index (κ1) is 21.6. The quantitative estimate of drug-likeness (QED) is 0.495. The predicted molar refractivity (Wildman–Crippen MR) is 119 cm³/mol. The standard InChI is InChI=1S/C23H26ClF2N5O/c1-2-5-15-6-3-8-30(12-15)21-17-11-27-20(24)18(26)19(17)28-22(29-21)32-14-23-7-4-9-31(23)13-16(25)10-23/h1,11,15-16H,3-10,12-14H2/t15?,16-,23+/m1/s1. The predicted octanol–water partition coefficient (Wildman–Crippen LogP) is 4.01. The highest BCUT2D eigenvalue weighted by Gasteiger charge is 2.49. The second kappa shape index (κ2) is 8.60. The van der Waals surface area contributed by atoms with E-state index >= 15 is 0 Å². The molecule has 5 rings (SSSR count). The van der Waals surface area contributed by atoms with Gasteiger partial charge in [0.2, 0.25) is 0 Å². The zero-order valence-electron chi connectivity index (χ0n) is 17.9. The maximum Gasteiger partial charge on any atom is 0.319 e. The Bertz CT molecular complexity index is 1060. The molecule has 170 valence electrons. The third-order valence-electron chi connectivity index (χ3n) is 7.06. The Morgan fingerprint density at radius 3 is 3.00 bits per heavy atom. The Labute approximate surface area is 191 Å². The van der Waals surface area contributed by atoms with Crippen molar-refractivity contribution in [2.24, 2.45) is 5.92 Å². The molecule has 0 aliphatic carbocycles. The van der Waals surface area contributed by atoms with Crippen LogP contribution in [0.4, 0.5) is 14.6 Å². The summed E-state index contributed by atoms with van der Waals surface area (Å²) in [5, 5.41) is 0.250. The van der Waals surface area contributed by atoms with Gasteiger partial charge in [-0.2, -0.15) is 9.97 Å². The number of terminal acetylenes is 1. The van der Waals surface area contributed by atoms with Crippen LogP contribution in [0.2, 0.25) is 5.15 Å². The van der Waals surface area contributed by atoms with Crippen molar-refractivity contribution >= 4 is 28.3 Å². The number of piperidine rings is 1. The lowest BCUT2D eigenvalue weighted by atomic mass is 9.95. The third-order valence-corrected chi connectivity index (χ3v) is 7.32. The molecule has 5 heterocycles. The molecule has 0 aromatic carbocycles. The Morgan fingerprint density at radius 2 is 2.16 bits per heavy atom. The SMILES string of the molecule is C#CCC1CCCN(c2nc(OC[C@@]34CCCN3C[C@H](F)C4)nc3c(F)c(Cl)ncc23)C1. The molecule has 3 fully saturated rings. The van der Waals surface area contributed by atoms with Gasteiger partial charge in [0.1, 0.15) is 24.1 Å². The number of nitrogens with zero attached hydrogens (tertiary/aromatic N) is 5. The van der Waals surface area contributed by atoms with E-state index in [1.165, 1.54) is 6.20 Å². The lowest BCUT2D eigenvalue weighted by Crippen LogP contribution is -2.43. The molecule has 3 aliphatic rings. The van der Waals surface area contributed by atoms with Crippen molar-refractivity contribution < 1.29 is 13.5 Å². The van der Waals surface area contributed by atoms with E-state index in [0.29, 0.717) is 36.5 Å². The first-order valence-corrected chi connectivity index (χ1v) is 11.6. The van der Waals surface area contributed by atoms with Crippen LogP contribution < -0.4 is 9.64 Å². The monoisotopic (exact) mass is 461 g/mol. The summed E-state index contributed by atoms with van der Waals surface area (Å²) in [5.74, 6) is 2.97. The van der Waals surface area contributed by atoms with Gasteiger partial charge in [-0.15, -0.1) is 12.3 Å². The lowest BCUT2D eigenvalue weighted by molar-refractivity contribution is 0.107. The van der Waals surface area contributed by atoms with Crippen molar-refractivity contribution in [3.8, 4) is 18.4 Å². The fourth-order valence-electron chi connectivity index (χ4n) is 5.54. The van der Waals surface area contributed by atoms with E-state index < -0.39 is 12.0 Å². The lowest BCUT2D eigenvalue weighted by Gasteiger charge is -2.34. The first-order valence-electron chi connectivity index (χ1n) is 11.2. The summed E-state index contributed by atoms with van der Waals surface area (Å²) in [4.78, 5) is 17.2. The molecule has 0 N–H and O–H groups in total. The van der Waals surface area contributed by atoms with Gasteiger partial charge in [0, 0.05) is 38.7 Å². The van der Waals surface area contributed by atoms with E-state index in [-0.39, 0.29) is 28.8 Å². The molecule has 3 saturated heterocycles. The summed E-state index contributed by atoms with van der Waals surface area (Å²) in [6.07, 6.45) is 11.2. The van der Waals surface area contributed by atoms with Crippen LogP contribution >= 0.6 is 11.6 Å². The molecule has 32 heavy (non-hydrogen) atoms. The fraction of sp³-hybridized carbons (Fsp3) is 0.609. The topological polar surface area (TPSA) is 54.4 Å². The number of alkyl halides is 1. The minimum atomic E-state index is -0.851. The van der Waals surface area contributed by atoms with Gasteiger partial charge in [0.15, 0.2) is 11.0 Å². The fourth-order valence-corrected chi connectivity index (χ4v) is 5.68. The van der Waals surface area contributed by atoms with Gasteiger partial charge in [-0.25, -0.2) is 13.8 Å². The van der Waals surface area contributed by atoms with Crippen LogP contribution in [0.1, 0.15) is 38.5 Å². The van der Waals surface area contributed by atoms with Crippen LogP contribution in [-0.2, 0) is 0 Å². The number of hydrogen-bond acceptors (Lipinski definition) is 6. The van der Waals surface area contributed by atoms with Crippen LogP contribution in [0.25, 0.3) is 10.9 Å². The summed E-state index contributed by atoms with van der Waals surface area (Å²) in [6, 6.07) is 0.0799. The van der Waals surface area contributed by atoms with Crippen molar-refractivity contribution in [2.75, 3.05) is 37.7 Å². The summed E-state index contributed by atoms with van der Waals surface area (Å²) in [5.41, 5.74) is -0.255. The molecule has 0 radical (unpaired) electrons. The molecule has 0 spiro atoms. The Morgan fingerprint density at radius 1 is 1.28 bits per heavy atom. The minimum Gasteiger partial charge on any atom is -0.461 e. The van der Waals surface area contributed by atoms with Gasteiger partial charge in [-0.1, -0.05) is 11.6 Å². The summed E-state index contributed by atoms with van der Waals surface area (Å²) in [7, 11) is 0. The highest BCUT2D eigenvalue weighted by Crippen LogP contribution is 2.40. The zero-order valence-corrected chi connectivity index (χ0v) is 18.6. The van der Waals surface area contributed by atoms with Gasteiger partial charge < -0.3 is 9.64 Å². The highest BCUT2D eigenvalue weighted by atomic mass is 35.5. The summed E-state index contributed by atoms with van der Waals surface area (Å²) < 4.78 is 35.0. The van der Waals surface area contributed by atoms with Crippen LogP contribution in [0.15, 0.2) is 6.20 Å². The van der Waals surface area contributed by atoms with Crippen molar-refractivity contribution in [3.63, 3.8) is 0 Å². The number of hydrogen-bond donors (Lipinski definition) is 0. The molecule has 9 heteroatoms. The van der Waals surface area contributed by atoms with Crippen LogP contribution in [0.3, 0.4) is 0 Å². The summed E-state index contributed by atoms with van der Waals surface area (Å²) in [6.45, 7) is 3.08. The van der Waals surface area contributed by atoms with Crippen LogP contribution in [-0.4, -0.2) is 64.3 Å². The second-order valence-electron chi connectivity index (χ2n) is 9.18. The number of fused-ring (bicyclic) bond motifs is 2. The van der Waals surface area contributed by atoms with E-state index in [1.807, 2.05) is 0 Å². The first-order chi connectivity index (χ1) is 15.5. The summed E-state index contributed by atoms with van der Waals surface area (Å²) >= 11 is 5.94. The molecular weight excluding hydrogens is 436 g/mol. The van der Waals surface area contributed by atoms with Crippen molar-refractivity contribution in [1.29, 1.82) is 0 Å². The van der Waals surface area contributed by atoms with E-state index in [1.54, 1.807) is 0 Å². The number of halogens is 3. The largest absolute Gasteiger partial charge is 0.461 e. The van der Waals surface area contributed by atoms with Crippen molar-refractivity contribution in [1.82, 2.24) is 19.9 Å². The van der Waals surface area contributed by atoms with E-state index in [2.05, 4.69) is 30.7 Å². The Balaban J connectivity index is 1.48. The van der Waals surface area contributed by atoms with E-state index in [0.717, 1.165) is 45.3 Å². The highest BCUT2D eigenvalue weighted by molar-refractivity contribution is 6.30. The molecule has 2 aromatic heterocycles. The van der Waals surface area contributed by atoms with Crippen molar-refractivity contribution in [2.45, 2.75) is 50.2 Å². The maximum absolute atomic E-state index is 14.9. The van der Waals surface area contributed by atoms with Gasteiger partial charge in [-0.3, -0.25) is 4.90 Å². The number of rotatable bonds is 5. The molecule has 1 unspecified atom stereocenters. The molecular formula is C23H26ClF2N5O. The van der Waals surface area contributed by atoms with E-state index in [9.17, 15) is 8.78 Å². The maximum atomic E-state index is 14.9. The Hall–Kier alpha value is -2.24. The van der Waals surface area contributed by atoms with Crippen LogP contribution in [0.5, 0.6) is 6.01 Å². The van der Waals surface area contributed by atoms with Crippen molar-refractivity contribution in [3.05, 3.63) is 17.2 Å². The number of pyridine rings is 1. The molecule has 3 atom stereocenters. The average Bonchev–Trinajstić information content (AvgIpc) is 3.31. The number of aromatic nitrogens is 3. The minimum absolute atomic E-state index is 0.0799. The molecule has 0 bridgehead atoms. The molecule has 6 nitrogen and oxygen atoms in total. The number of ether oxygens (including phenoxy) is 1. The molecule has 0 amide bonds. The molecule has 0 saturated carbocycles. The van der Waals surface area contributed by atoms with Gasteiger partial charge in [-0.05, 0) is 38.1 Å². The molecule has 2 aromatic rings. The van der Waals surface area contributed by atoms with Gasteiger partial charge >= 0.3 is 6.01 Å². The second-order valence-corrected chi connectivity index (χ2v) is 9.54. The Kier molecular flexibility index (Phi) is 5.81. The van der Waals surface area contributed by atoms with E-state index in [4.69, 9.17) is 22.8 Å². The van der Waals surface area contributed by atoms with Gasteiger partial charge in [0.25, 0.3) is 0 Å².